The van der Waals surface area contributed by atoms with Crippen LogP contribution in [0.5, 0.6) is 0 Å². The lowest BCUT2D eigenvalue weighted by Gasteiger charge is -2.36. The van der Waals surface area contributed by atoms with E-state index in [0.29, 0.717) is 24.8 Å². The van der Waals surface area contributed by atoms with Crippen molar-refractivity contribution in [2.45, 2.75) is 49.9 Å². The largest absolute Gasteiger partial charge is 0.377 e. The average molecular weight is 486 g/mol. The smallest absolute Gasteiger partial charge is 0.253 e. The molecular weight excluding hydrogens is 454 g/mol. The van der Waals surface area contributed by atoms with Crippen LogP contribution in [0.15, 0.2) is 23.1 Å². The maximum Gasteiger partial charge on any atom is 0.253 e. The maximum absolute atomic E-state index is 13.3. The molecule has 0 spiro atoms. The first-order valence-corrected chi connectivity index (χ1v) is 13.1. The van der Waals surface area contributed by atoms with Crippen molar-refractivity contribution in [3.05, 3.63) is 28.8 Å². The standard InChI is InChI=1S/C22H32ClN3O5S/c1-16-13-26(14-17(2)31-16)32(28,29)21-12-18(5-6-20(21)23)22(27)25-9-7-24(8-10-25)15-19-4-3-11-30-19/h5-6,12,16-17,19H,3-4,7-11,13-15H2,1-2H3. The molecule has 3 saturated heterocycles. The first-order valence-electron chi connectivity index (χ1n) is 11.3. The summed E-state index contributed by atoms with van der Waals surface area (Å²) in [5, 5.41) is 0.120. The van der Waals surface area contributed by atoms with Crippen LogP contribution in [-0.2, 0) is 19.5 Å². The van der Waals surface area contributed by atoms with Gasteiger partial charge >= 0.3 is 0 Å². The lowest BCUT2D eigenvalue weighted by molar-refractivity contribution is -0.0440. The fourth-order valence-corrected chi connectivity index (χ4v) is 6.78. The molecule has 3 aliphatic rings. The van der Waals surface area contributed by atoms with Gasteiger partial charge in [0.05, 0.1) is 23.3 Å². The molecular formula is C22H32ClN3O5S. The summed E-state index contributed by atoms with van der Waals surface area (Å²) < 4.78 is 39.4. The van der Waals surface area contributed by atoms with E-state index in [-0.39, 0.29) is 41.1 Å². The van der Waals surface area contributed by atoms with Gasteiger partial charge in [0.2, 0.25) is 10.0 Å². The average Bonchev–Trinajstić information content (AvgIpc) is 3.26. The highest BCUT2D eigenvalue weighted by Crippen LogP contribution is 2.28. The Morgan fingerprint density at radius 2 is 1.81 bits per heavy atom. The van der Waals surface area contributed by atoms with Crippen molar-refractivity contribution in [3.63, 3.8) is 0 Å². The molecule has 3 unspecified atom stereocenters. The normalized spacial score (nSPS) is 28.2. The Labute approximate surface area is 195 Å². The highest BCUT2D eigenvalue weighted by molar-refractivity contribution is 7.89. The van der Waals surface area contributed by atoms with Gasteiger partial charge in [-0.2, -0.15) is 4.31 Å². The number of hydrogen-bond donors (Lipinski definition) is 0. The van der Waals surface area contributed by atoms with Crippen LogP contribution >= 0.6 is 11.6 Å². The van der Waals surface area contributed by atoms with Gasteiger partial charge in [-0.15, -0.1) is 0 Å². The third-order valence-electron chi connectivity index (χ3n) is 6.33. The van der Waals surface area contributed by atoms with E-state index in [4.69, 9.17) is 21.1 Å². The number of sulfonamides is 1. The number of carbonyl (C=O) groups is 1. The van der Waals surface area contributed by atoms with Crippen LogP contribution in [0, 0.1) is 0 Å². The minimum absolute atomic E-state index is 0.0247. The summed E-state index contributed by atoms with van der Waals surface area (Å²) in [5.74, 6) is -0.168. The van der Waals surface area contributed by atoms with Gasteiger partial charge in [-0.3, -0.25) is 9.69 Å². The zero-order valence-electron chi connectivity index (χ0n) is 18.7. The van der Waals surface area contributed by atoms with Crippen molar-refractivity contribution in [2.75, 3.05) is 52.4 Å². The summed E-state index contributed by atoms with van der Waals surface area (Å²) in [7, 11) is -3.84. The van der Waals surface area contributed by atoms with Crippen LogP contribution in [0.3, 0.4) is 0 Å². The van der Waals surface area contributed by atoms with Gasteiger partial charge in [0.1, 0.15) is 4.90 Å². The Balaban J connectivity index is 1.44. The number of piperazine rings is 1. The van der Waals surface area contributed by atoms with E-state index in [0.717, 1.165) is 39.1 Å². The van der Waals surface area contributed by atoms with Crippen LogP contribution in [-0.4, -0.2) is 99.2 Å². The molecule has 3 atom stereocenters. The molecule has 3 aliphatic heterocycles. The van der Waals surface area contributed by atoms with Gasteiger partial charge < -0.3 is 14.4 Å². The second-order valence-electron chi connectivity index (χ2n) is 8.95. The van der Waals surface area contributed by atoms with Gasteiger partial charge in [-0.05, 0) is 44.9 Å². The molecule has 0 saturated carbocycles. The minimum Gasteiger partial charge on any atom is -0.377 e. The zero-order valence-corrected chi connectivity index (χ0v) is 20.3. The highest BCUT2D eigenvalue weighted by atomic mass is 35.5. The van der Waals surface area contributed by atoms with Crippen molar-refractivity contribution in [1.82, 2.24) is 14.1 Å². The van der Waals surface area contributed by atoms with Gasteiger partial charge in [0, 0.05) is 58.0 Å². The monoisotopic (exact) mass is 485 g/mol. The molecule has 0 aromatic heterocycles. The number of ether oxygens (including phenoxy) is 2. The Bertz CT molecular complexity index is 919. The lowest BCUT2D eigenvalue weighted by Crippen LogP contribution is -2.50. The molecule has 1 amide bonds. The number of amides is 1. The van der Waals surface area contributed by atoms with Gasteiger partial charge in [0.15, 0.2) is 0 Å². The number of carbonyl (C=O) groups excluding carboxylic acids is 1. The molecule has 10 heteroatoms. The van der Waals surface area contributed by atoms with Crippen LogP contribution in [0.4, 0.5) is 0 Å². The molecule has 3 fully saturated rings. The van der Waals surface area contributed by atoms with E-state index in [1.54, 1.807) is 11.0 Å². The van der Waals surface area contributed by atoms with Gasteiger partial charge in [-0.1, -0.05) is 11.6 Å². The van der Waals surface area contributed by atoms with Gasteiger partial charge in [0.25, 0.3) is 5.91 Å². The summed E-state index contributed by atoms with van der Waals surface area (Å²) in [5.41, 5.74) is 0.343. The van der Waals surface area contributed by atoms with Gasteiger partial charge in [-0.25, -0.2) is 8.42 Å². The summed E-state index contributed by atoms with van der Waals surface area (Å²) in [4.78, 5) is 17.2. The van der Waals surface area contributed by atoms with Crippen molar-refractivity contribution in [2.24, 2.45) is 0 Å². The van der Waals surface area contributed by atoms with Crippen molar-refractivity contribution >= 4 is 27.5 Å². The Hall–Kier alpha value is -1.23. The van der Waals surface area contributed by atoms with Crippen molar-refractivity contribution in [1.29, 1.82) is 0 Å². The molecule has 1 aromatic carbocycles. The second kappa shape index (κ2) is 9.95. The summed E-state index contributed by atoms with van der Waals surface area (Å²) in [6.45, 7) is 8.73. The third kappa shape index (κ3) is 5.29. The molecule has 3 heterocycles. The predicted molar refractivity (Wildman–Crippen MR) is 122 cm³/mol. The van der Waals surface area contributed by atoms with E-state index in [9.17, 15) is 13.2 Å². The fraction of sp³-hybridized carbons (Fsp3) is 0.682. The fourth-order valence-electron chi connectivity index (χ4n) is 4.69. The highest BCUT2D eigenvalue weighted by Gasteiger charge is 2.34. The SMILES string of the molecule is CC1CN(S(=O)(=O)c2cc(C(=O)N3CCN(CC4CCCO4)CC3)ccc2Cl)CC(C)O1. The quantitative estimate of drug-likeness (QED) is 0.635. The minimum atomic E-state index is -3.84. The number of nitrogens with zero attached hydrogens (tertiary/aromatic N) is 3. The van der Waals surface area contributed by atoms with Crippen molar-refractivity contribution in [3.8, 4) is 0 Å². The Morgan fingerprint density at radius 3 is 2.44 bits per heavy atom. The predicted octanol–water partition coefficient (Wildman–Crippen LogP) is 2.07. The number of benzene rings is 1. The first-order chi connectivity index (χ1) is 15.2. The van der Waals surface area contributed by atoms with Crippen LogP contribution < -0.4 is 0 Å². The van der Waals surface area contributed by atoms with E-state index >= 15 is 0 Å². The molecule has 8 nitrogen and oxygen atoms in total. The molecule has 0 bridgehead atoms. The summed E-state index contributed by atoms with van der Waals surface area (Å²) in [6, 6.07) is 4.53. The third-order valence-corrected chi connectivity index (χ3v) is 8.64. The second-order valence-corrected chi connectivity index (χ2v) is 11.3. The molecule has 0 N–H and O–H groups in total. The van der Waals surface area contributed by atoms with Crippen LogP contribution in [0.2, 0.25) is 5.02 Å². The summed E-state index contributed by atoms with van der Waals surface area (Å²) >= 11 is 6.28. The van der Waals surface area contributed by atoms with Crippen LogP contribution in [0.1, 0.15) is 37.0 Å². The maximum atomic E-state index is 13.3. The molecule has 0 radical (unpaired) electrons. The number of halogens is 1. The summed E-state index contributed by atoms with van der Waals surface area (Å²) in [6.07, 6.45) is 2.10. The van der Waals surface area contributed by atoms with E-state index in [2.05, 4.69) is 4.90 Å². The Morgan fingerprint density at radius 1 is 1.12 bits per heavy atom. The number of rotatable bonds is 5. The van der Waals surface area contributed by atoms with E-state index < -0.39 is 10.0 Å². The molecule has 4 rings (SSSR count). The molecule has 1 aromatic rings. The molecule has 32 heavy (non-hydrogen) atoms. The Kier molecular flexibility index (Phi) is 7.43. The zero-order chi connectivity index (χ0) is 22.9. The number of morpholine rings is 1. The molecule has 0 aliphatic carbocycles. The van der Waals surface area contributed by atoms with Crippen molar-refractivity contribution < 1.29 is 22.7 Å². The van der Waals surface area contributed by atoms with E-state index in [1.165, 1.54) is 16.4 Å². The molecule has 178 valence electrons. The first kappa shape index (κ1) is 23.9. The topological polar surface area (TPSA) is 79.4 Å². The number of hydrogen-bond acceptors (Lipinski definition) is 6. The van der Waals surface area contributed by atoms with E-state index in [1.807, 2.05) is 13.8 Å². The lowest BCUT2D eigenvalue weighted by atomic mass is 10.1. The van der Waals surface area contributed by atoms with Crippen LogP contribution in [0.25, 0.3) is 0 Å².